The number of rotatable bonds is 10. The monoisotopic (exact) mass is 1020 g/mol. The number of nitrogens with zero attached hydrogens (tertiary/aromatic N) is 2. The van der Waals surface area contributed by atoms with Gasteiger partial charge in [-0.05, 0) is 161 Å². The van der Waals surface area contributed by atoms with Crippen molar-refractivity contribution in [2.45, 2.75) is 0 Å². The molecule has 2 nitrogen and oxygen atoms in total. The van der Waals surface area contributed by atoms with E-state index in [9.17, 15) is 0 Å². The first kappa shape index (κ1) is 46.3. The van der Waals surface area contributed by atoms with E-state index in [-0.39, 0.29) is 0 Å². The quantitative estimate of drug-likeness (QED) is 0.126. The summed E-state index contributed by atoms with van der Waals surface area (Å²) < 4.78 is 2.66. The molecular formula is C76H50N2S. The van der Waals surface area contributed by atoms with Crippen molar-refractivity contribution in [1.82, 2.24) is 0 Å². The van der Waals surface area contributed by atoms with Crippen LogP contribution in [0.25, 0.3) is 108 Å². The Morgan fingerprint density at radius 2 is 0.595 bits per heavy atom. The predicted molar refractivity (Wildman–Crippen MR) is 340 cm³/mol. The molecule has 0 aliphatic carbocycles. The van der Waals surface area contributed by atoms with Gasteiger partial charge in [0.2, 0.25) is 0 Å². The summed E-state index contributed by atoms with van der Waals surface area (Å²) >= 11 is 1.88. The Morgan fingerprint density at radius 3 is 1.18 bits per heavy atom. The minimum absolute atomic E-state index is 1.08. The number of hydrogen-bond acceptors (Lipinski definition) is 3. The maximum absolute atomic E-state index is 2.38. The van der Waals surface area contributed by atoms with Crippen molar-refractivity contribution in [2.24, 2.45) is 0 Å². The topological polar surface area (TPSA) is 6.48 Å². The zero-order valence-corrected chi connectivity index (χ0v) is 44.0. The van der Waals surface area contributed by atoms with Gasteiger partial charge in [-0.1, -0.05) is 224 Å². The zero-order chi connectivity index (χ0) is 52.2. The molecule has 15 rings (SSSR count). The molecule has 14 aromatic carbocycles. The van der Waals surface area contributed by atoms with E-state index < -0.39 is 0 Å². The van der Waals surface area contributed by atoms with Gasteiger partial charge in [-0.25, -0.2) is 0 Å². The van der Waals surface area contributed by atoms with Crippen molar-refractivity contribution >= 4 is 109 Å². The summed E-state index contributed by atoms with van der Waals surface area (Å²) in [4.78, 5) is 4.74. The fourth-order valence-electron chi connectivity index (χ4n) is 12.1. The number of benzene rings is 14. The van der Waals surface area contributed by atoms with Crippen LogP contribution in [0, 0.1) is 0 Å². The standard InChI is InChI=1S/C76H50N2S/c1-3-16-57(17-4-1)78(58-18-5-2-6-19-58)74-49-48-62(64-20-11-12-25-70(64)74)54-38-45-61(46-39-54)77(60-43-36-53(37-44-60)56-40-47-69-67-23-8-7-21-65(67)66-22-9-10-24-68(66)73(69)50-56)59-41-34-52(35-42-59)51-30-32-55(33-31-51)63-27-15-28-72-71-26-13-14-29-75(71)79-76(63)72/h1-50H. The summed E-state index contributed by atoms with van der Waals surface area (Å²) in [5.41, 5.74) is 16.2. The average molecular weight is 1020 g/mol. The molecule has 1 heterocycles. The van der Waals surface area contributed by atoms with Crippen molar-refractivity contribution in [3.05, 3.63) is 303 Å². The van der Waals surface area contributed by atoms with E-state index in [4.69, 9.17) is 0 Å². The summed E-state index contributed by atoms with van der Waals surface area (Å²) in [5.74, 6) is 0. The average Bonchev–Trinajstić information content (AvgIpc) is 3.97. The van der Waals surface area contributed by atoms with Gasteiger partial charge in [0.25, 0.3) is 0 Å². The normalized spacial score (nSPS) is 11.5. The highest BCUT2D eigenvalue weighted by molar-refractivity contribution is 7.26. The van der Waals surface area contributed by atoms with Gasteiger partial charge in [0.15, 0.2) is 0 Å². The SMILES string of the molecule is c1ccc(N(c2ccccc2)c2ccc(-c3ccc(N(c4ccc(-c5ccc(-c6cccc7c6sc6ccccc67)cc5)cc4)c4ccc(-c5ccc6c7ccccc7c7ccccc7c6c5)cc4)cc3)c3ccccc23)cc1. The van der Waals surface area contributed by atoms with Crippen LogP contribution in [0.4, 0.5) is 34.1 Å². The maximum Gasteiger partial charge on any atom is 0.0540 e. The van der Waals surface area contributed by atoms with Gasteiger partial charge < -0.3 is 9.80 Å². The second-order valence-corrected chi connectivity index (χ2v) is 21.4. The molecule has 0 saturated heterocycles. The summed E-state index contributed by atoms with van der Waals surface area (Å²) in [7, 11) is 0. The molecule has 0 atom stereocenters. The van der Waals surface area contributed by atoms with E-state index in [0.717, 1.165) is 39.7 Å². The van der Waals surface area contributed by atoms with Crippen molar-refractivity contribution in [3.63, 3.8) is 0 Å². The van der Waals surface area contributed by atoms with Gasteiger partial charge in [-0.3, -0.25) is 0 Å². The molecule has 0 unspecified atom stereocenters. The minimum Gasteiger partial charge on any atom is -0.311 e. The third-order valence-corrected chi connectivity index (χ3v) is 17.1. The molecule has 79 heavy (non-hydrogen) atoms. The molecule has 0 fully saturated rings. The minimum atomic E-state index is 1.08. The van der Waals surface area contributed by atoms with E-state index in [1.165, 1.54) is 102 Å². The summed E-state index contributed by atoms with van der Waals surface area (Å²) in [6.07, 6.45) is 0. The van der Waals surface area contributed by atoms with Gasteiger partial charge in [-0.2, -0.15) is 0 Å². The summed E-state index contributed by atoms with van der Waals surface area (Å²) in [6.45, 7) is 0. The van der Waals surface area contributed by atoms with Crippen LogP contribution in [0.5, 0.6) is 0 Å². The molecule has 3 heteroatoms. The molecule has 0 bridgehead atoms. The summed E-state index contributed by atoms with van der Waals surface area (Å²) in [5, 5.41) is 12.7. The van der Waals surface area contributed by atoms with Gasteiger partial charge >= 0.3 is 0 Å². The van der Waals surface area contributed by atoms with E-state index in [2.05, 4.69) is 313 Å². The fraction of sp³-hybridized carbons (Fsp3) is 0. The van der Waals surface area contributed by atoms with Crippen LogP contribution in [0.3, 0.4) is 0 Å². The van der Waals surface area contributed by atoms with Gasteiger partial charge in [0.05, 0.1) is 5.69 Å². The predicted octanol–water partition coefficient (Wildman–Crippen LogP) is 22.3. The highest BCUT2D eigenvalue weighted by Gasteiger charge is 2.20. The fourth-order valence-corrected chi connectivity index (χ4v) is 13.3. The van der Waals surface area contributed by atoms with Gasteiger partial charge in [0, 0.05) is 54.0 Å². The first-order valence-corrected chi connectivity index (χ1v) is 27.9. The van der Waals surface area contributed by atoms with Crippen LogP contribution in [0.15, 0.2) is 303 Å². The van der Waals surface area contributed by atoms with Crippen LogP contribution < -0.4 is 9.80 Å². The number of thiophene rings is 1. The van der Waals surface area contributed by atoms with Crippen LogP contribution in [-0.2, 0) is 0 Å². The van der Waals surface area contributed by atoms with E-state index in [1.807, 2.05) is 11.3 Å². The molecule has 0 amide bonds. The third-order valence-electron chi connectivity index (χ3n) is 15.9. The Hall–Kier alpha value is -10.1. The van der Waals surface area contributed by atoms with E-state index >= 15 is 0 Å². The van der Waals surface area contributed by atoms with Crippen LogP contribution in [-0.4, -0.2) is 0 Å². The number of hydrogen-bond donors (Lipinski definition) is 0. The Balaban J connectivity index is 0.795. The largest absolute Gasteiger partial charge is 0.311 e. The van der Waals surface area contributed by atoms with Crippen LogP contribution >= 0.6 is 11.3 Å². The van der Waals surface area contributed by atoms with Crippen LogP contribution in [0.1, 0.15) is 0 Å². The highest BCUT2D eigenvalue weighted by Crippen LogP contribution is 2.45. The molecular weight excluding hydrogens is 973 g/mol. The molecule has 0 N–H and O–H groups in total. The van der Waals surface area contributed by atoms with Crippen LogP contribution in [0.2, 0.25) is 0 Å². The first-order chi connectivity index (χ1) is 39.2. The Kier molecular flexibility index (Phi) is 11.4. The van der Waals surface area contributed by atoms with Crippen molar-refractivity contribution in [3.8, 4) is 44.5 Å². The smallest absolute Gasteiger partial charge is 0.0540 e. The van der Waals surface area contributed by atoms with Gasteiger partial charge in [-0.15, -0.1) is 11.3 Å². The molecule has 0 radical (unpaired) electrons. The molecule has 0 saturated carbocycles. The maximum atomic E-state index is 2.38. The van der Waals surface area contributed by atoms with E-state index in [0.29, 0.717) is 0 Å². The summed E-state index contributed by atoms with van der Waals surface area (Å²) in [6, 6.07) is 111. The Labute approximate surface area is 463 Å². The lowest BCUT2D eigenvalue weighted by Crippen LogP contribution is -2.10. The molecule has 0 aliphatic heterocycles. The number of anilines is 6. The van der Waals surface area contributed by atoms with Crippen molar-refractivity contribution < 1.29 is 0 Å². The van der Waals surface area contributed by atoms with E-state index in [1.54, 1.807) is 0 Å². The van der Waals surface area contributed by atoms with Crippen molar-refractivity contribution in [2.75, 3.05) is 9.80 Å². The third kappa shape index (κ3) is 8.19. The molecule has 0 aliphatic rings. The zero-order valence-electron chi connectivity index (χ0n) is 43.2. The lowest BCUT2D eigenvalue weighted by atomic mass is 9.92. The number of para-hydroxylation sites is 2. The second kappa shape index (κ2) is 19.5. The molecule has 0 spiro atoms. The molecule has 1 aromatic heterocycles. The highest BCUT2D eigenvalue weighted by atomic mass is 32.1. The lowest BCUT2D eigenvalue weighted by molar-refractivity contribution is 1.28. The number of fused-ring (bicyclic) bond motifs is 10. The van der Waals surface area contributed by atoms with Gasteiger partial charge in [0.1, 0.15) is 0 Å². The molecule has 15 aromatic rings. The first-order valence-electron chi connectivity index (χ1n) is 27.1. The second-order valence-electron chi connectivity index (χ2n) is 20.4. The molecule has 370 valence electrons. The lowest BCUT2D eigenvalue weighted by Gasteiger charge is -2.27. The Morgan fingerprint density at radius 1 is 0.203 bits per heavy atom. The Bertz CT molecular complexity index is 4660. The van der Waals surface area contributed by atoms with Crippen molar-refractivity contribution in [1.29, 1.82) is 0 Å².